The van der Waals surface area contributed by atoms with E-state index in [0.29, 0.717) is 0 Å². The van der Waals surface area contributed by atoms with Crippen LogP contribution in [0.4, 0.5) is 13.2 Å². The summed E-state index contributed by atoms with van der Waals surface area (Å²) in [5.41, 5.74) is 0. The molecular formula is C10H14F3NO4. The molecule has 0 aromatic rings. The molecule has 1 unspecified atom stereocenters. The van der Waals surface area contributed by atoms with Crippen LogP contribution in [0.3, 0.4) is 0 Å². The maximum absolute atomic E-state index is 11.7. The fourth-order valence-corrected chi connectivity index (χ4v) is 0.989. The molecule has 0 rings (SSSR count). The second-order valence-electron chi connectivity index (χ2n) is 3.37. The Balaban J connectivity index is 4.07. The van der Waals surface area contributed by atoms with E-state index < -0.39 is 37.3 Å². The Morgan fingerprint density at radius 3 is 2.50 bits per heavy atom. The second-order valence-corrected chi connectivity index (χ2v) is 3.37. The van der Waals surface area contributed by atoms with Crippen molar-refractivity contribution in [1.82, 2.24) is 5.32 Å². The van der Waals surface area contributed by atoms with Gasteiger partial charge < -0.3 is 15.2 Å². The Bertz CT molecular complexity index is 315. The SMILES string of the molecule is C/C=C/CC(NC(=O)COCC(F)(F)F)C(=O)O. The average Bonchev–Trinajstić information content (AvgIpc) is 2.21. The summed E-state index contributed by atoms with van der Waals surface area (Å²) in [6.07, 6.45) is -1.34. The number of nitrogens with one attached hydrogen (secondary N) is 1. The van der Waals surface area contributed by atoms with Gasteiger partial charge in [-0.05, 0) is 13.3 Å². The fourth-order valence-electron chi connectivity index (χ4n) is 0.989. The van der Waals surface area contributed by atoms with E-state index in [1.54, 1.807) is 13.0 Å². The molecule has 0 heterocycles. The number of halogens is 3. The molecule has 0 aromatic heterocycles. The maximum atomic E-state index is 11.7. The van der Waals surface area contributed by atoms with Crippen molar-refractivity contribution in [2.75, 3.05) is 13.2 Å². The molecule has 8 heteroatoms. The number of carboxylic acids is 1. The molecule has 0 radical (unpaired) electrons. The molecule has 5 nitrogen and oxygen atoms in total. The van der Waals surface area contributed by atoms with E-state index in [0.717, 1.165) is 0 Å². The van der Waals surface area contributed by atoms with E-state index in [2.05, 4.69) is 10.1 Å². The molecule has 0 aliphatic rings. The molecule has 0 saturated heterocycles. The van der Waals surface area contributed by atoms with Gasteiger partial charge >= 0.3 is 12.1 Å². The average molecular weight is 269 g/mol. The van der Waals surface area contributed by atoms with Crippen LogP contribution in [-0.2, 0) is 14.3 Å². The highest BCUT2D eigenvalue weighted by Gasteiger charge is 2.28. The standard InChI is InChI=1S/C10H14F3NO4/c1-2-3-4-7(9(16)17)14-8(15)5-18-6-10(11,12)13/h2-3,7H,4-6H2,1H3,(H,14,15)(H,16,17)/b3-2+. The molecule has 2 N–H and O–H groups in total. The predicted octanol–water partition coefficient (Wildman–Crippen LogP) is 1.10. The summed E-state index contributed by atoms with van der Waals surface area (Å²) in [6.45, 7) is -0.709. The van der Waals surface area contributed by atoms with Gasteiger partial charge in [0, 0.05) is 0 Å². The molecule has 0 bridgehead atoms. The molecule has 0 fully saturated rings. The summed E-state index contributed by atoms with van der Waals surface area (Å²) >= 11 is 0. The summed E-state index contributed by atoms with van der Waals surface area (Å²) in [4.78, 5) is 21.8. The molecule has 0 aromatic carbocycles. The number of amides is 1. The van der Waals surface area contributed by atoms with E-state index in [9.17, 15) is 22.8 Å². The van der Waals surface area contributed by atoms with Gasteiger partial charge in [0.25, 0.3) is 0 Å². The minimum Gasteiger partial charge on any atom is -0.480 e. The van der Waals surface area contributed by atoms with Crippen LogP contribution in [0.15, 0.2) is 12.2 Å². The zero-order valence-electron chi connectivity index (χ0n) is 9.66. The van der Waals surface area contributed by atoms with Crippen molar-refractivity contribution in [3.8, 4) is 0 Å². The van der Waals surface area contributed by atoms with Crippen molar-refractivity contribution in [2.45, 2.75) is 25.6 Å². The lowest BCUT2D eigenvalue weighted by Gasteiger charge is -2.13. The molecule has 0 aliphatic heterocycles. The zero-order valence-corrected chi connectivity index (χ0v) is 9.66. The van der Waals surface area contributed by atoms with Crippen molar-refractivity contribution in [2.24, 2.45) is 0 Å². The Labute approximate surface area is 102 Å². The van der Waals surface area contributed by atoms with Gasteiger partial charge in [-0.2, -0.15) is 13.2 Å². The third kappa shape index (κ3) is 8.57. The number of carbonyl (C=O) groups is 2. The number of hydrogen-bond acceptors (Lipinski definition) is 3. The summed E-state index contributed by atoms with van der Waals surface area (Å²) < 4.78 is 39.2. The fraction of sp³-hybridized carbons (Fsp3) is 0.600. The van der Waals surface area contributed by atoms with E-state index in [1.807, 2.05) is 0 Å². The normalized spacial score (nSPS) is 13.6. The van der Waals surface area contributed by atoms with Crippen LogP contribution in [0.1, 0.15) is 13.3 Å². The first-order chi connectivity index (χ1) is 8.26. The largest absolute Gasteiger partial charge is 0.480 e. The van der Waals surface area contributed by atoms with Crippen LogP contribution in [0, 0.1) is 0 Å². The molecule has 1 amide bonds. The summed E-state index contributed by atoms with van der Waals surface area (Å²) in [7, 11) is 0. The van der Waals surface area contributed by atoms with Crippen LogP contribution in [-0.4, -0.2) is 42.4 Å². The highest BCUT2D eigenvalue weighted by molar-refractivity contribution is 5.84. The van der Waals surface area contributed by atoms with Crippen molar-refractivity contribution in [3.63, 3.8) is 0 Å². The topological polar surface area (TPSA) is 75.6 Å². The van der Waals surface area contributed by atoms with Crippen LogP contribution < -0.4 is 5.32 Å². The van der Waals surface area contributed by atoms with Crippen LogP contribution in [0.25, 0.3) is 0 Å². The lowest BCUT2D eigenvalue weighted by Crippen LogP contribution is -2.42. The number of carbonyl (C=O) groups excluding carboxylic acids is 1. The lowest BCUT2D eigenvalue weighted by atomic mass is 10.2. The first-order valence-corrected chi connectivity index (χ1v) is 5.04. The molecule has 1 atom stereocenters. The van der Waals surface area contributed by atoms with Crippen molar-refractivity contribution < 1.29 is 32.6 Å². The van der Waals surface area contributed by atoms with Gasteiger partial charge in [-0.3, -0.25) is 4.79 Å². The number of allylic oxidation sites excluding steroid dienone is 1. The van der Waals surface area contributed by atoms with E-state index in [4.69, 9.17) is 5.11 Å². The minimum absolute atomic E-state index is 0.0524. The van der Waals surface area contributed by atoms with Crippen LogP contribution in [0.5, 0.6) is 0 Å². The van der Waals surface area contributed by atoms with Gasteiger partial charge in [0.1, 0.15) is 19.3 Å². The Hall–Kier alpha value is -1.57. The number of aliphatic carboxylic acids is 1. The van der Waals surface area contributed by atoms with Gasteiger partial charge in [0.15, 0.2) is 0 Å². The third-order valence-corrected chi connectivity index (χ3v) is 1.74. The Morgan fingerprint density at radius 2 is 2.06 bits per heavy atom. The van der Waals surface area contributed by atoms with Gasteiger partial charge in [-0.15, -0.1) is 0 Å². The first kappa shape index (κ1) is 16.4. The summed E-state index contributed by atoms with van der Waals surface area (Å²) in [6, 6.07) is -1.18. The number of ether oxygens (including phenoxy) is 1. The highest BCUT2D eigenvalue weighted by Crippen LogP contribution is 2.14. The number of alkyl halides is 3. The highest BCUT2D eigenvalue weighted by atomic mass is 19.4. The molecule has 0 aliphatic carbocycles. The van der Waals surface area contributed by atoms with Crippen LogP contribution in [0.2, 0.25) is 0 Å². The van der Waals surface area contributed by atoms with E-state index in [1.165, 1.54) is 6.08 Å². The third-order valence-electron chi connectivity index (χ3n) is 1.74. The van der Waals surface area contributed by atoms with E-state index in [-0.39, 0.29) is 6.42 Å². The van der Waals surface area contributed by atoms with Crippen molar-refractivity contribution in [3.05, 3.63) is 12.2 Å². The van der Waals surface area contributed by atoms with Gasteiger partial charge in [-0.1, -0.05) is 12.2 Å². The predicted molar refractivity (Wildman–Crippen MR) is 55.9 cm³/mol. The Kier molecular flexibility index (Phi) is 7.03. The summed E-state index contributed by atoms with van der Waals surface area (Å²) in [5.74, 6) is -2.17. The summed E-state index contributed by atoms with van der Waals surface area (Å²) in [5, 5.41) is 10.8. The Morgan fingerprint density at radius 1 is 1.44 bits per heavy atom. The van der Waals surface area contributed by atoms with Gasteiger partial charge in [0.05, 0.1) is 0 Å². The lowest BCUT2D eigenvalue weighted by molar-refractivity contribution is -0.176. The maximum Gasteiger partial charge on any atom is 0.411 e. The quantitative estimate of drug-likeness (QED) is 0.679. The number of rotatable bonds is 7. The van der Waals surface area contributed by atoms with Crippen LogP contribution >= 0.6 is 0 Å². The smallest absolute Gasteiger partial charge is 0.411 e. The molecular weight excluding hydrogens is 255 g/mol. The van der Waals surface area contributed by atoms with Gasteiger partial charge in [0.2, 0.25) is 5.91 Å². The van der Waals surface area contributed by atoms with Crippen molar-refractivity contribution >= 4 is 11.9 Å². The molecule has 0 spiro atoms. The molecule has 104 valence electrons. The monoisotopic (exact) mass is 269 g/mol. The second kappa shape index (κ2) is 7.70. The number of carboxylic acid groups (broad SMARTS) is 1. The molecule has 18 heavy (non-hydrogen) atoms. The van der Waals surface area contributed by atoms with Crippen molar-refractivity contribution in [1.29, 1.82) is 0 Å². The van der Waals surface area contributed by atoms with Gasteiger partial charge in [-0.25, -0.2) is 4.79 Å². The van der Waals surface area contributed by atoms with E-state index >= 15 is 0 Å². The minimum atomic E-state index is -4.52. The number of hydrogen-bond donors (Lipinski definition) is 2. The zero-order chi connectivity index (χ0) is 14.2. The molecule has 0 saturated carbocycles. The first-order valence-electron chi connectivity index (χ1n) is 5.04.